The molecule has 3 nitrogen and oxygen atoms in total. The lowest BCUT2D eigenvalue weighted by molar-refractivity contribution is -0.143. The second-order valence-corrected chi connectivity index (χ2v) is 4.38. The predicted molar refractivity (Wildman–Crippen MR) is 49.4 cm³/mol. The zero-order chi connectivity index (χ0) is 9.26. The highest BCUT2D eigenvalue weighted by Crippen LogP contribution is 2.35. The van der Waals surface area contributed by atoms with Crippen LogP contribution in [-0.4, -0.2) is 24.2 Å². The first-order chi connectivity index (χ1) is 6.27. The molecule has 1 saturated carbocycles. The van der Waals surface area contributed by atoms with E-state index in [1.807, 2.05) is 0 Å². The van der Waals surface area contributed by atoms with E-state index in [1.165, 1.54) is 6.42 Å². The van der Waals surface area contributed by atoms with Gasteiger partial charge in [0.2, 0.25) is 0 Å². The van der Waals surface area contributed by atoms with Crippen LogP contribution in [0.15, 0.2) is 0 Å². The number of aliphatic carboxylic acids is 1. The molecule has 13 heavy (non-hydrogen) atoms. The molecule has 74 valence electrons. The standard InChI is InChI=1S/C10H17NO2/c12-10(13)8-3-1-2-7(4-8)9-5-11-6-9/h7-9,11H,1-6H2,(H,12,13)/t7-,8-/m1/s1. The summed E-state index contributed by atoms with van der Waals surface area (Å²) in [6.07, 6.45) is 4.17. The van der Waals surface area contributed by atoms with Gasteiger partial charge in [-0.05, 0) is 37.8 Å². The first-order valence-corrected chi connectivity index (χ1v) is 5.21. The van der Waals surface area contributed by atoms with Gasteiger partial charge in [0.1, 0.15) is 0 Å². The average Bonchev–Trinajstić information content (AvgIpc) is 2.01. The van der Waals surface area contributed by atoms with E-state index in [-0.39, 0.29) is 5.92 Å². The number of nitrogens with one attached hydrogen (secondary N) is 1. The van der Waals surface area contributed by atoms with Crippen LogP contribution in [0, 0.1) is 17.8 Å². The Morgan fingerprint density at radius 2 is 2.00 bits per heavy atom. The van der Waals surface area contributed by atoms with Crippen LogP contribution in [0.25, 0.3) is 0 Å². The Labute approximate surface area is 78.5 Å². The van der Waals surface area contributed by atoms with Crippen LogP contribution in [0.5, 0.6) is 0 Å². The van der Waals surface area contributed by atoms with Crippen LogP contribution in [0.1, 0.15) is 25.7 Å². The van der Waals surface area contributed by atoms with Crippen LogP contribution >= 0.6 is 0 Å². The fraction of sp³-hybridized carbons (Fsp3) is 0.900. The van der Waals surface area contributed by atoms with Gasteiger partial charge in [0.25, 0.3) is 0 Å². The van der Waals surface area contributed by atoms with Gasteiger partial charge < -0.3 is 10.4 Å². The minimum Gasteiger partial charge on any atom is -0.481 e. The van der Waals surface area contributed by atoms with Crippen molar-refractivity contribution in [2.45, 2.75) is 25.7 Å². The molecular weight excluding hydrogens is 166 g/mol. The Morgan fingerprint density at radius 3 is 2.54 bits per heavy atom. The summed E-state index contributed by atoms with van der Waals surface area (Å²) >= 11 is 0. The van der Waals surface area contributed by atoms with Crippen molar-refractivity contribution >= 4 is 5.97 Å². The van der Waals surface area contributed by atoms with Crippen molar-refractivity contribution < 1.29 is 9.90 Å². The van der Waals surface area contributed by atoms with Crippen molar-refractivity contribution in [1.29, 1.82) is 0 Å². The fourth-order valence-electron chi connectivity index (χ4n) is 2.52. The van der Waals surface area contributed by atoms with E-state index in [2.05, 4.69) is 5.32 Å². The van der Waals surface area contributed by atoms with E-state index in [9.17, 15) is 4.79 Å². The van der Waals surface area contributed by atoms with E-state index in [4.69, 9.17) is 5.11 Å². The maximum absolute atomic E-state index is 10.8. The zero-order valence-electron chi connectivity index (χ0n) is 7.83. The molecular formula is C10H17NO2. The molecule has 3 heteroatoms. The molecule has 0 amide bonds. The lowest BCUT2D eigenvalue weighted by atomic mass is 9.73. The number of carboxylic acid groups (broad SMARTS) is 1. The zero-order valence-corrected chi connectivity index (χ0v) is 7.83. The quantitative estimate of drug-likeness (QED) is 0.674. The van der Waals surface area contributed by atoms with Gasteiger partial charge in [0, 0.05) is 0 Å². The lowest BCUT2D eigenvalue weighted by Crippen LogP contribution is -2.47. The molecule has 0 aromatic rings. The smallest absolute Gasteiger partial charge is 0.306 e. The van der Waals surface area contributed by atoms with Crippen molar-refractivity contribution in [3.8, 4) is 0 Å². The Bertz CT molecular complexity index is 201. The van der Waals surface area contributed by atoms with Crippen LogP contribution in [-0.2, 0) is 4.79 Å². The summed E-state index contributed by atoms with van der Waals surface area (Å²) in [5, 5.41) is 12.2. The molecule has 1 aliphatic heterocycles. The normalized spacial score (nSPS) is 35.4. The molecule has 0 radical (unpaired) electrons. The van der Waals surface area contributed by atoms with E-state index in [1.54, 1.807) is 0 Å². The van der Waals surface area contributed by atoms with E-state index in [0.29, 0.717) is 5.92 Å². The number of rotatable bonds is 2. The lowest BCUT2D eigenvalue weighted by Gasteiger charge is -2.38. The monoisotopic (exact) mass is 183 g/mol. The van der Waals surface area contributed by atoms with Gasteiger partial charge in [0.05, 0.1) is 5.92 Å². The minimum atomic E-state index is -0.586. The maximum Gasteiger partial charge on any atom is 0.306 e. The van der Waals surface area contributed by atoms with Crippen molar-refractivity contribution in [2.24, 2.45) is 17.8 Å². The number of hydrogen-bond donors (Lipinski definition) is 2. The molecule has 2 fully saturated rings. The Balaban J connectivity index is 1.87. The summed E-state index contributed by atoms with van der Waals surface area (Å²) in [5.74, 6) is 0.801. The summed E-state index contributed by atoms with van der Waals surface area (Å²) in [6.45, 7) is 2.22. The van der Waals surface area contributed by atoms with Gasteiger partial charge in [-0.2, -0.15) is 0 Å². The molecule has 0 aromatic carbocycles. The molecule has 0 bridgehead atoms. The Hall–Kier alpha value is -0.570. The highest BCUT2D eigenvalue weighted by atomic mass is 16.4. The third-order valence-electron chi connectivity index (χ3n) is 3.54. The number of carboxylic acids is 1. The summed E-state index contributed by atoms with van der Waals surface area (Å²) in [7, 11) is 0. The Kier molecular flexibility index (Phi) is 2.54. The van der Waals surface area contributed by atoms with Gasteiger partial charge in [-0.1, -0.05) is 12.8 Å². The molecule has 1 aliphatic carbocycles. The summed E-state index contributed by atoms with van der Waals surface area (Å²) in [6, 6.07) is 0. The van der Waals surface area contributed by atoms with E-state index in [0.717, 1.165) is 38.3 Å². The maximum atomic E-state index is 10.8. The molecule has 2 N–H and O–H groups in total. The first kappa shape index (κ1) is 9.00. The Morgan fingerprint density at radius 1 is 1.23 bits per heavy atom. The highest BCUT2D eigenvalue weighted by molar-refractivity contribution is 5.70. The SMILES string of the molecule is O=C(O)[C@@H]1CCC[C@@H](C2CNC2)C1. The van der Waals surface area contributed by atoms with Gasteiger partial charge in [-0.3, -0.25) is 4.79 Å². The molecule has 0 unspecified atom stereocenters. The van der Waals surface area contributed by atoms with Gasteiger partial charge in [-0.25, -0.2) is 0 Å². The molecule has 2 rings (SSSR count). The number of carbonyl (C=O) groups is 1. The summed E-state index contributed by atoms with van der Waals surface area (Å²) in [4.78, 5) is 10.8. The average molecular weight is 183 g/mol. The second-order valence-electron chi connectivity index (χ2n) is 4.38. The largest absolute Gasteiger partial charge is 0.481 e. The van der Waals surface area contributed by atoms with E-state index < -0.39 is 5.97 Å². The summed E-state index contributed by atoms with van der Waals surface area (Å²) in [5.41, 5.74) is 0. The van der Waals surface area contributed by atoms with Crippen LogP contribution in [0.4, 0.5) is 0 Å². The highest BCUT2D eigenvalue weighted by Gasteiger charge is 2.33. The van der Waals surface area contributed by atoms with Gasteiger partial charge in [-0.15, -0.1) is 0 Å². The van der Waals surface area contributed by atoms with Crippen molar-refractivity contribution in [1.82, 2.24) is 5.32 Å². The van der Waals surface area contributed by atoms with E-state index >= 15 is 0 Å². The van der Waals surface area contributed by atoms with Gasteiger partial charge in [0.15, 0.2) is 0 Å². The van der Waals surface area contributed by atoms with Crippen LogP contribution in [0.2, 0.25) is 0 Å². The molecule has 0 spiro atoms. The molecule has 1 heterocycles. The summed E-state index contributed by atoms with van der Waals surface area (Å²) < 4.78 is 0. The third kappa shape index (κ3) is 1.85. The first-order valence-electron chi connectivity index (χ1n) is 5.21. The fourth-order valence-corrected chi connectivity index (χ4v) is 2.52. The molecule has 0 aromatic heterocycles. The third-order valence-corrected chi connectivity index (χ3v) is 3.54. The minimum absolute atomic E-state index is 0.0562. The van der Waals surface area contributed by atoms with Crippen LogP contribution in [0.3, 0.4) is 0 Å². The topological polar surface area (TPSA) is 49.3 Å². The molecule has 2 atom stereocenters. The van der Waals surface area contributed by atoms with Crippen molar-refractivity contribution in [3.63, 3.8) is 0 Å². The second kappa shape index (κ2) is 3.66. The van der Waals surface area contributed by atoms with Crippen molar-refractivity contribution in [3.05, 3.63) is 0 Å². The number of hydrogen-bond acceptors (Lipinski definition) is 2. The predicted octanol–water partition coefficient (Wildman–Crippen LogP) is 1.10. The molecule has 2 aliphatic rings. The molecule has 1 saturated heterocycles. The van der Waals surface area contributed by atoms with Crippen molar-refractivity contribution in [2.75, 3.05) is 13.1 Å². The van der Waals surface area contributed by atoms with Gasteiger partial charge >= 0.3 is 5.97 Å². The van der Waals surface area contributed by atoms with Crippen LogP contribution < -0.4 is 5.32 Å².